The molecule has 0 aromatic rings. The zero-order chi connectivity index (χ0) is 93.5. The van der Waals surface area contributed by atoms with E-state index in [-0.39, 0.29) is 78.7 Å². The first-order chi connectivity index (χ1) is 51.4. The van der Waals surface area contributed by atoms with Crippen LogP contribution in [0.5, 0.6) is 0 Å². The predicted octanol–water partition coefficient (Wildman–Crippen LogP) is 18.0. The zero-order valence-corrected chi connectivity index (χ0v) is 86.0. The van der Waals surface area contributed by atoms with Crippen LogP contribution < -0.4 is 0 Å². The molecular formula is C74H139Br7N12O23. The van der Waals surface area contributed by atoms with E-state index in [1.54, 1.807) is 27.7 Å². The number of halogens is 7. The molecule has 0 spiro atoms. The van der Waals surface area contributed by atoms with Crippen molar-refractivity contribution in [1.82, 2.24) is 40.5 Å². The minimum Gasteiger partial charge on any atom is -0.314 e. The van der Waals surface area contributed by atoms with Gasteiger partial charge in [0.05, 0.1) is 58.8 Å². The zero-order valence-electron chi connectivity index (χ0n) is 74.9. The van der Waals surface area contributed by atoms with Crippen molar-refractivity contribution in [3.8, 4) is 0 Å². The van der Waals surface area contributed by atoms with Crippen LogP contribution >= 0.6 is 104 Å². The second-order valence-corrected chi connectivity index (χ2v) is 42.4. The Morgan fingerprint density at radius 3 is 0.983 bits per heavy atom. The molecule has 8 aliphatic heterocycles. The molecule has 8 aliphatic rings. The van der Waals surface area contributed by atoms with E-state index in [1.165, 1.54) is 46.6 Å². The second kappa shape index (κ2) is 41.9. The molecule has 35 nitrogen and oxygen atoms in total. The fraction of sp³-hybridized carbons (Fsp3) is 0.905. The molecule has 0 aliphatic carbocycles. The summed E-state index contributed by atoms with van der Waals surface area (Å²) in [6.07, 6.45) is 1.94. The van der Waals surface area contributed by atoms with Crippen molar-refractivity contribution in [3.05, 3.63) is 62.7 Å². The lowest BCUT2D eigenvalue weighted by Gasteiger charge is -2.52. The van der Waals surface area contributed by atoms with Crippen LogP contribution in [-0.2, 0) is 33.7 Å². The van der Waals surface area contributed by atoms with Gasteiger partial charge >= 0.3 is 0 Å². The van der Waals surface area contributed by atoms with Crippen LogP contribution in [0.2, 0.25) is 0 Å². The van der Waals surface area contributed by atoms with Crippen molar-refractivity contribution in [3.63, 3.8) is 0 Å². The van der Waals surface area contributed by atoms with Crippen LogP contribution in [0, 0.1) is 58.2 Å². The molecule has 0 aromatic carbocycles. The first-order valence-electron chi connectivity index (χ1n) is 37.6. The molecule has 6 fully saturated rings. The van der Waals surface area contributed by atoms with Crippen LogP contribution in [-0.4, -0.2) is 249 Å². The molecule has 0 radical (unpaired) electrons. The van der Waals surface area contributed by atoms with Crippen molar-refractivity contribution in [2.45, 2.75) is 391 Å². The maximum Gasteiger partial charge on any atom is 0.294 e. The number of nitrogens with zero attached hydrogens (tertiary/aromatic N) is 12. The van der Waals surface area contributed by atoms with Gasteiger partial charge in [0.15, 0.2) is 5.78 Å². The normalized spacial score (nSPS) is 29.4. The van der Waals surface area contributed by atoms with Gasteiger partial charge in [-0.1, -0.05) is 65.9 Å². The summed E-state index contributed by atoms with van der Waals surface area (Å²) in [7, 11) is 0. The van der Waals surface area contributed by atoms with Crippen molar-refractivity contribution in [2.75, 3.05) is 19.8 Å². The minimum atomic E-state index is -1.08. The standard InChI is InChI=1S/C10H18N2O4.C10H19NO.C9H15Br2NO2.C9H16BrNO2.C9H17N3O7.C9H18N2O4.C9H17NO2.C9H19NO.2Br2/c1-7-8(6-16-12(14)15)10(4,5)11(13)9(7,2)3;1-7-8(2)10(5,6)11(12)9(7,3)4;1-8(2)6(10)5(13)7(11)9(3,4)12(8)14;1-8(2)5-6(12)7(10)9(3,4)11(8)13;1-8(2)6(5-18-11(14)15)7(19-12(16)17)9(3,4)10(8)13;1-8(2)5-7(6-15-11(13)14)9(3,4)10(8)12;1-8(2)5-7(11)6-9(3,4)10(8)12;1-7-6-8(2,3)10(11)9(7,4)5;2*1-2/h13H,6H2,1-5H3;12H,1-6H3;6-7,14H,1-4H3;7,13H,5H2,1-4H3;6-7,13H,5H2,1-4H3;7,12H,5-6H2,1-4H3;12H,5-6H2,1-4H3;7,11H,6H2,1-5H3;;. The topological polar surface area (TPSA) is 448 Å². The van der Waals surface area contributed by atoms with E-state index < -0.39 is 99.9 Å². The molecule has 6 saturated heterocycles. The average molecular weight is 2120 g/mol. The Balaban J connectivity index is 0. The van der Waals surface area contributed by atoms with Gasteiger partial charge in [-0.15, -0.1) is 40.5 Å². The summed E-state index contributed by atoms with van der Waals surface area (Å²) in [5, 5.41) is 127. The molecule has 8 heterocycles. The van der Waals surface area contributed by atoms with E-state index in [9.17, 15) is 96.5 Å². The first kappa shape index (κ1) is 116. The molecule has 0 saturated carbocycles. The molecule has 8 rings (SSSR count). The number of Topliss-reactive ketones (excluding diaryl/α,β-unsaturated/α-hetero) is 3. The molecular weight excluding hydrogens is 1980 g/mol. The van der Waals surface area contributed by atoms with Crippen LogP contribution in [0.25, 0.3) is 0 Å². The predicted molar refractivity (Wildman–Crippen MR) is 464 cm³/mol. The summed E-state index contributed by atoms with van der Waals surface area (Å²) < 4.78 is 0. The van der Waals surface area contributed by atoms with Crippen LogP contribution in [0.15, 0.2) is 22.3 Å². The third-order valence-corrected chi connectivity index (χ3v) is 29.6. The SMILES string of the molecule is BrBr.BrBr.CC1(C)C(Br)C(=O)C(Br)C(C)(C)N1O.CC1(C)C(CO[N+](=O)[O-])C(O[N+](=O)[O-])C(C)(C)N1O.CC1(C)CC(=O)C(Br)C(C)(C)N1O.CC1(C)CC(=O)CC(C)(C)N1O.CC1(C)CC(CO[N+](=O)[O-])C(C)(C)N1O.CC1=C(C)C(C)(C)N(O)C1(C)C.CC1=C(CO[N+](=O)[O-])C(C)(C)N(O)C1(C)C.CC1CC(C)(C)N(O)C1(C)C. The van der Waals surface area contributed by atoms with E-state index in [4.69, 9.17) is 0 Å². The maximum atomic E-state index is 11.9. The van der Waals surface area contributed by atoms with Gasteiger partial charge in [0.2, 0.25) is 0 Å². The lowest BCUT2D eigenvalue weighted by Crippen LogP contribution is -2.69. The van der Waals surface area contributed by atoms with Gasteiger partial charge in [-0.3, -0.25) is 14.4 Å². The molecule has 7 unspecified atom stereocenters. The Kier molecular flexibility index (Phi) is 41.9. The fourth-order valence-corrected chi connectivity index (χ4v) is 18.4. The number of hydrogen-bond donors (Lipinski definition) is 8. The van der Waals surface area contributed by atoms with Gasteiger partial charge in [-0.05, 0) is 272 Å². The fourth-order valence-electron chi connectivity index (χ4n) is 16.8. The molecule has 42 heteroatoms. The number of ketones is 3. The largest absolute Gasteiger partial charge is 0.314 e. The van der Waals surface area contributed by atoms with Crippen LogP contribution in [0.1, 0.15) is 281 Å². The molecule has 0 bridgehead atoms. The summed E-state index contributed by atoms with van der Waals surface area (Å²) in [4.78, 5) is 92.6. The van der Waals surface area contributed by atoms with Gasteiger partial charge in [0.1, 0.15) is 37.5 Å². The number of hydroxylamine groups is 16. The third kappa shape index (κ3) is 26.6. The highest BCUT2D eigenvalue weighted by Crippen LogP contribution is 2.50. The van der Waals surface area contributed by atoms with E-state index in [0.29, 0.717) is 31.6 Å². The minimum absolute atomic E-state index is 0.0283. The Bertz CT molecular complexity index is 3360. The summed E-state index contributed by atoms with van der Waals surface area (Å²) in [6, 6.07) is 0. The molecule has 116 heavy (non-hydrogen) atoms. The number of piperidine rings is 3. The summed E-state index contributed by atoms with van der Waals surface area (Å²) in [6.45, 7) is 67.8. The van der Waals surface area contributed by atoms with Crippen molar-refractivity contribution < 1.29 is 95.7 Å². The van der Waals surface area contributed by atoms with E-state index >= 15 is 0 Å². The number of hydrogen-bond acceptors (Lipinski definition) is 31. The van der Waals surface area contributed by atoms with Crippen LogP contribution in [0.4, 0.5) is 0 Å². The van der Waals surface area contributed by atoms with Gasteiger partial charge in [0, 0.05) is 132 Å². The Labute approximate surface area is 743 Å². The van der Waals surface area contributed by atoms with Gasteiger partial charge < -0.3 is 61.0 Å². The smallest absolute Gasteiger partial charge is 0.294 e. The number of rotatable bonds is 11. The highest BCUT2D eigenvalue weighted by Gasteiger charge is 2.62. The highest BCUT2D eigenvalue weighted by atomic mass is 80.9. The van der Waals surface area contributed by atoms with Gasteiger partial charge in [0.25, 0.3) is 20.3 Å². The Morgan fingerprint density at radius 1 is 0.371 bits per heavy atom. The summed E-state index contributed by atoms with van der Waals surface area (Å²) in [5.41, 5.74) is -3.48. The lowest BCUT2D eigenvalue weighted by molar-refractivity contribution is -0.778. The molecule has 0 aromatic heterocycles. The quantitative estimate of drug-likeness (QED) is 0.0412. The Morgan fingerprint density at radius 2 is 0.690 bits per heavy atom. The number of carbonyl (C=O) groups excluding carboxylic acids is 3. The van der Waals surface area contributed by atoms with Crippen molar-refractivity contribution in [2.24, 2.45) is 17.8 Å². The first-order valence-corrected chi connectivity index (χ1v) is 47.8. The maximum absolute atomic E-state index is 11.9. The van der Waals surface area contributed by atoms with Crippen LogP contribution in [0.3, 0.4) is 0 Å². The third-order valence-electron chi connectivity index (χ3n) is 24.8. The van der Waals surface area contributed by atoms with Crippen molar-refractivity contribution >= 4 is 122 Å². The van der Waals surface area contributed by atoms with Gasteiger partial charge in [-0.25, -0.2) is 0 Å². The summed E-state index contributed by atoms with van der Waals surface area (Å²) in [5.74, 6) is 0.217. The monoisotopic (exact) mass is 2120 g/mol. The lowest BCUT2D eigenvalue weighted by atomic mass is 9.81. The van der Waals surface area contributed by atoms with Gasteiger partial charge in [-0.2, -0.15) is 40.5 Å². The van der Waals surface area contributed by atoms with Crippen molar-refractivity contribution in [1.29, 1.82) is 0 Å². The Hall–Kier alpha value is -1.99. The highest BCUT2D eigenvalue weighted by molar-refractivity contribution is 9.93. The number of alkyl halides is 3. The molecule has 8 N–H and O–H groups in total. The molecule has 682 valence electrons. The number of carbonyl (C=O) groups is 3. The van der Waals surface area contributed by atoms with E-state index in [2.05, 4.69) is 172 Å². The molecule has 0 amide bonds. The molecule has 7 atom stereocenters. The van der Waals surface area contributed by atoms with E-state index in [1.807, 2.05) is 173 Å². The average Bonchev–Trinajstić information content (AvgIpc) is 0.835. The van der Waals surface area contributed by atoms with E-state index in [0.717, 1.165) is 22.6 Å². The second-order valence-electron chi connectivity index (χ2n) is 39.6. The summed E-state index contributed by atoms with van der Waals surface area (Å²) >= 11 is 21.0.